The summed E-state index contributed by atoms with van der Waals surface area (Å²) in [6, 6.07) is 13.2. The van der Waals surface area contributed by atoms with Crippen molar-refractivity contribution in [1.82, 2.24) is 0 Å². The molecule has 2 heterocycles. The Hall–Kier alpha value is -4.47. The second kappa shape index (κ2) is 8.88. The predicted octanol–water partition coefficient (Wildman–Crippen LogP) is 4.87. The Morgan fingerprint density at radius 1 is 1.03 bits per heavy atom. The number of fused-ring (bicyclic) bond motifs is 1. The number of aromatic hydroxyl groups is 1. The number of ketones is 1. The van der Waals surface area contributed by atoms with Crippen molar-refractivity contribution in [2.24, 2.45) is 0 Å². The summed E-state index contributed by atoms with van der Waals surface area (Å²) in [6.07, 6.45) is -4.58. The third kappa shape index (κ3) is 4.24. The lowest BCUT2D eigenvalue weighted by molar-refractivity contribution is -0.137. The maximum absolute atomic E-state index is 13.3. The molecule has 2 N–H and O–H groups in total. The molecule has 2 aliphatic rings. The molecule has 3 aromatic rings. The average molecular weight is 510 g/mol. The van der Waals surface area contributed by atoms with Gasteiger partial charge in [-0.15, -0.1) is 0 Å². The van der Waals surface area contributed by atoms with Crippen molar-refractivity contribution >= 4 is 28.8 Å². The topological polar surface area (TPSA) is 90.3 Å². The minimum atomic E-state index is -4.58. The minimum absolute atomic E-state index is 0.0288. The number of carbonyl (C=O) groups is 2. The van der Waals surface area contributed by atoms with Crippen LogP contribution in [-0.2, 0) is 15.8 Å². The number of aliphatic hydroxyl groups excluding tert-OH is 1. The van der Waals surface area contributed by atoms with Crippen LogP contribution < -0.4 is 14.5 Å². The largest absolute Gasteiger partial charge is 0.508 e. The van der Waals surface area contributed by atoms with Gasteiger partial charge in [0.15, 0.2) is 0 Å². The number of hydrogen-bond acceptors (Lipinski definition) is 6. The molecule has 37 heavy (non-hydrogen) atoms. The smallest absolute Gasteiger partial charge is 0.416 e. The molecule has 0 aliphatic carbocycles. The number of aliphatic hydroxyl groups is 1. The Labute approximate surface area is 209 Å². The quantitative estimate of drug-likeness (QED) is 0.297. The van der Waals surface area contributed by atoms with E-state index in [1.165, 1.54) is 18.2 Å². The van der Waals surface area contributed by atoms with Crippen LogP contribution in [0.15, 0.2) is 72.3 Å². The standard InChI is InChI=1S/C27H21F3N2O5/c1-31-11-12-37-21-10-5-16(14-20(21)31)24(34)22-23(15-3-2-4-19(33)13-15)32(26(36)25(22)35)18-8-6-17(7-9-18)27(28,29)30/h2-10,13-14,23,33-34H,11-12H2,1H3/b24-22-. The number of ether oxygens (including phenoxy) is 1. The Bertz CT molecular complexity index is 1430. The number of likely N-dealkylation sites (N-methyl/N-ethyl adjacent to an activating group) is 1. The minimum Gasteiger partial charge on any atom is -0.508 e. The number of amides is 1. The number of carbonyl (C=O) groups excluding carboxylic acids is 2. The Morgan fingerprint density at radius 3 is 2.43 bits per heavy atom. The molecule has 190 valence electrons. The molecule has 1 fully saturated rings. The Balaban J connectivity index is 1.67. The zero-order valence-corrected chi connectivity index (χ0v) is 19.5. The lowest BCUT2D eigenvalue weighted by atomic mass is 9.94. The molecule has 1 saturated heterocycles. The third-order valence-corrected chi connectivity index (χ3v) is 6.43. The summed E-state index contributed by atoms with van der Waals surface area (Å²) in [5.41, 5.74) is 0.0879. The first-order valence-electron chi connectivity index (χ1n) is 11.3. The lowest BCUT2D eigenvalue weighted by Gasteiger charge is -2.28. The highest BCUT2D eigenvalue weighted by Gasteiger charge is 2.47. The van der Waals surface area contributed by atoms with E-state index in [0.29, 0.717) is 30.2 Å². The second-order valence-corrected chi connectivity index (χ2v) is 8.76. The van der Waals surface area contributed by atoms with Gasteiger partial charge >= 0.3 is 6.18 Å². The molecule has 0 aromatic heterocycles. The van der Waals surface area contributed by atoms with Crippen LogP contribution in [0.3, 0.4) is 0 Å². The van der Waals surface area contributed by atoms with Gasteiger partial charge in [0.05, 0.1) is 29.4 Å². The molecule has 1 atom stereocenters. The first kappa shape index (κ1) is 24.2. The van der Waals surface area contributed by atoms with Crippen LogP contribution >= 0.6 is 0 Å². The van der Waals surface area contributed by atoms with Gasteiger partial charge < -0.3 is 19.8 Å². The highest BCUT2D eigenvalue weighted by atomic mass is 19.4. The van der Waals surface area contributed by atoms with E-state index in [-0.39, 0.29) is 22.6 Å². The van der Waals surface area contributed by atoms with Gasteiger partial charge in [-0.25, -0.2) is 0 Å². The number of alkyl halides is 3. The van der Waals surface area contributed by atoms with Gasteiger partial charge in [-0.05, 0) is 60.2 Å². The Kier molecular flexibility index (Phi) is 5.82. The molecule has 3 aromatic carbocycles. The van der Waals surface area contributed by atoms with Crippen LogP contribution in [0, 0.1) is 0 Å². The van der Waals surface area contributed by atoms with Crippen LogP contribution in [0.4, 0.5) is 24.5 Å². The van der Waals surface area contributed by atoms with Gasteiger partial charge in [-0.1, -0.05) is 12.1 Å². The molecule has 10 heteroatoms. The highest BCUT2D eigenvalue weighted by molar-refractivity contribution is 6.51. The summed E-state index contributed by atoms with van der Waals surface area (Å²) in [7, 11) is 1.85. The van der Waals surface area contributed by atoms with Gasteiger partial charge in [0, 0.05) is 18.3 Å². The van der Waals surface area contributed by atoms with Crippen LogP contribution in [0.25, 0.3) is 5.76 Å². The maximum atomic E-state index is 13.3. The molecule has 1 unspecified atom stereocenters. The van der Waals surface area contributed by atoms with E-state index in [0.717, 1.165) is 29.2 Å². The summed E-state index contributed by atoms with van der Waals surface area (Å²) in [4.78, 5) is 29.4. The van der Waals surface area contributed by atoms with Crippen LogP contribution in [0.5, 0.6) is 11.5 Å². The number of Topliss-reactive ketones (excluding diaryl/α,β-unsaturated/α-hetero) is 1. The predicted molar refractivity (Wildman–Crippen MR) is 130 cm³/mol. The van der Waals surface area contributed by atoms with E-state index in [9.17, 15) is 33.0 Å². The zero-order chi connectivity index (χ0) is 26.5. The van der Waals surface area contributed by atoms with E-state index in [1.54, 1.807) is 24.3 Å². The summed E-state index contributed by atoms with van der Waals surface area (Å²) in [5, 5.41) is 21.4. The van der Waals surface area contributed by atoms with E-state index >= 15 is 0 Å². The van der Waals surface area contributed by atoms with Gasteiger partial charge in [-0.2, -0.15) is 13.2 Å². The molecule has 7 nitrogen and oxygen atoms in total. The molecular weight excluding hydrogens is 489 g/mol. The molecule has 2 aliphatic heterocycles. The van der Waals surface area contributed by atoms with E-state index in [2.05, 4.69) is 0 Å². The SMILES string of the molecule is CN1CCOc2ccc(/C(O)=C3/C(=O)C(=O)N(c4ccc(C(F)(F)F)cc4)C3c3cccc(O)c3)cc21. The highest BCUT2D eigenvalue weighted by Crippen LogP contribution is 2.44. The van der Waals surface area contributed by atoms with Gasteiger partial charge in [0.1, 0.15) is 23.9 Å². The Morgan fingerprint density at radius 2 is 1.76 bits per heavy atom. The first-order valence-corrected chi connectivity index (χ1v) is 11.3. The van der Waals surface area contributed by atoms with Crippen molar-refractivity contribution < 1.29 is 37.7 Å². The van der Waals surface area contributed by atoms with E-state index < -0.39 is 35.2 Å². The molecule has 0 bridgehead atoms. The van der Waals surface area contributed by atoms with Gasteiger partial charge in [0.25, 0.3) is 11.7 Å². The number of rotatable bonds is 3. The number of anilines is 2. The lowest BCUT2D eigenvalue weighted by Crippen LogP contribution is -2.29. The van der Waals surface area contributed by atoms with Crippen molar-refractivity contribution in [3.8, 4) is 11.5 Å². The molecule has 0 spiro atoms. The van der Waals surface area contributed by atoms with Gasteiger partial charge in [0.2, 0.25) is 0 Å². The average Bonchev–Trinajstić information content (AvgIpc) is 3.13. The van der Waals surface area contributed by atoms with Crippen molar-refractivity contribution in [1.29, 1.82) is 0 Å². The second-order valence-electron chi connectivity index (χ2n) is 8.76. The molecule has 5 rings (SSSR count). The fourth-order valence-electron chi connectivity index (χ4n) is 4.57. The number of phenolic OH excluding ortho intramolecular Hbond substituents is 1. The first-order chi connectivity index (χ1) is 17.6. The van der Waals surface area contributed by atoms with Crippen LogP contribution in [0.2, 0.25) is 0 Å². The normalized spacial score (nSPS) is 19.1. The fourth-order valence-corrected chi connectivity index (χ4v) is 4.57. The molecular formula is C27H21F3N2O5. The monoisotopic (exact) mass is 510 g/mol. The number of halogens is 3. The molecule has 1 amide bonds. The van der Waals surface area contributed by atoms with E-state index in [4.69, 9.17) is 4.74 Å². The molecule has 0 saturated carbocycles. The zero-order valence-electron chi connectivity index (χ0n) is 19.5. The summed E-state index contributed by atoms with van der Waals surface area (Å²) in [5.74, 6) is -2.04. The van der Waals surface area contributed by atoms with Crippen LogP contribution in [-0.4, -0.2) is 42.1 Å². The number of hydrogen-bond donors (Lipinski definition) is 2. The summed E-state index contributed by atoms with van der Waals surface area (Å²) in [6.45, 7) is 1.10. The third-order valence-electron chi connectivity index (χ3n) is 6.43. The number of benzene rings is 3. The maximum Gasteiger partial charge on any atom is 0.416 e. The fraction of sp³-hybridized carbons (Fsp3) is 0.185. The van der Waals surface area contributed by atoms with Crippen molar-refractivity contribution in [2.75, 3.05) is 30.0 Å². The number of phenols is 1. The van der Waals surface area contributed by atoms with Crippen molar-refractivity contribution in [3.63, 3.8) is 0 Å². The van der Waals surface area contributed by atoms with Crippen molar-refractivity contribution in [3.05, 3.63) is 89.0 Å². The van der Waals surface area contributed by atoms with Gasteiger partial charge in [-0.3, -0.25) is 14.5 Å². The van der Waals surface area contributed by atoms with E-state index in [1.807, 2.05) is 11.9 Å². The summed E-state index contributed by atoms with van der Waals surface area (Å²) < 4.78 is 45.0. The molecule has 0 radical (unpaired) electrons. The van der Waals surface area contributed by atoms with Crippen LogP contribution in [0.1, 0.15) is 22.7 Å². The summed E-state index contributed by atoms with van der Waals surface area (Å²) >= 11 is 0. The van der Waals surface area contributed by atoms with Crippen molar-refractivity contribution in [2.45, 2.75) is 12.2 Å². The number of nitrogens with zero attached hydrogens (tertiary/aromatic N) is 2.